The second-order valence-electron chi connectivity index (χ2n) is 2.44. The molecular formula is C10H14Cl2. The predicted octanol–water partition coefficient (Wildman–Crippen LogP) is 4.80. The summed E-state index contributed by atoms with van der Waals surface area (Å²) < 4.78 is 0. The zero-order valence-corrected chi connectivity index (χ0v) is 8.99. The molecule has 0 N–H and O–H groups in total. The zero-order valence-electron chi connectivity index (χ0n) is 7.48. The van der Waals surface area contributed by atoms with E-state index in [1.165, 1.54) is 12.8 Å². The molecule has 0 aromatic heterocycles. The van der Waals surface area contributed by atoms with E-state index in [1.54, 1.807) is 24.3 Å². The molecule has 1 rings (SSSR count). The second-order valence-corrected chi connectivity index (χ2v) is 3.31. The third-order valence-electron chi connectivity index (χ3n) is 1.30. The van der Waals surface area contributed by atoms with E-state index < -0.39 is 0 Å². The predicted molar refractivity (Wildman–Crippen MR) is 57.0 cm³/mol. The minimum atomic E-state index is 0.717. The summed E-state index contributed by atoms with van der Waals surface area (Å²) in [6, 6.07) is 7.02. The Morgan fingerprint density at radius 3 is 1.25 bits per heavy atom. The summed E-state index contributed by atoms with van der Waals surface area (Å²) in [5.41, 5.74) is 0. The Kier molecular flexibility index (Phi) is 7.33. The maximum atomic E-state index is 5.55. The van der Waals surface area contributed by atoms with Crippen LogP contribution >= 0.6 is 23.2 Å². The first kappa shape index (κ1) is 11.8. The lowest BCUT2D eigenvalue weighted by Crippen LogP contribution is -1.60. The van der Waals surface area contributed by atoms with Crippen LogP contribution in [0.15, 0.2) is 24.3 Å². The molecule has 0 saturated carbocycles. The first-order valence-electron chi connectivity index (χ1n) is 4.11. The van der Waals surface area contributed by atoms with Gasteiger partial charge in [0.25, 0.3) is 0 Å². The van der Waals surface area contributed by atoms with E-state index >= 15 is 0 Å². The summed E-state index contributed by atoms with van der Waals surface area (Å²) >= 11 is 11.1. The minimum Gasteiger partial charge on any atom is -0.0843 e. The van der Waals surface area contributed by atoms with Crippen LogP contribution in [0.1, 0.15) is 26.7 Å². The topological polar surface area (TPSA) is 0 Å². The van der Waals surface area contributed by atoms with Crippen LogP contribution in [-0.2, 0) is 0 Å². The van der Waals surface area contributed by atoms with Gasteiger partial charge in [-0.15, -0.1) is 0 Å². The molecule has 0 amide bonds. The third-order valence-corrected chi connectivity index (χ3v) is 1.81. The van der Waals surface area contributed by atoms with Crippen LogP contribution in [0.4, 0.5) is 0 Å². The Morgan fingerprint density at radius 1 is 0.833 bits per heavy atom. The van der Waals surface area contributed by atoms with Gasteiger partial charge in [-0.2, -0.15) is 0 Å². The van der Waals surface area contributed by atoms with Crippen LogP contribution in [0.5, 0.6) is 0 Å². The second kappa shape index (κ2) is 7.45. The summed E-state index contributed by atoms with van der Waals surface area (Å²) in [5, 5.41) is 1.43. The Labute approximate surface area is 84.5 Å². The molecule has 2 heteroatoms. The Hall–Kier alpha value is -0.200. The highest BCUT2D eigenvalue weighted by atomic mass is 35.5. The molecule has 0 atom stereocenters. The van der Waals surface area contributed by atoms with Crippen molar-refractivity contribution in [3.63, 3.8) is 0 Å². The van der Waals surface area contributed by atoms with E-state index in [2.05, 4.69) is 13.8 Å². The fourth-order valence-corrected chi connectivity index (χ4v) is 0.682. The van der Waals surface area contributed by atoms with Gasteiger partial charge in [0.1, 0.15) is 0 Å². The van der Waals surface area contributed by atoms with E-state index in [9.17, 15) is 0 Å². The van der Waals surface area contributed by atoms with Crippen LogP contribution in [0, 0.1) is 0 Å². The van der Waals surface area contributed by atoms with E-state index in [-0.39, 0.29) is 0 Å². The number of rotatable bonds is 1. The Balaban J connectivity index is 0.000000261. The van der Waals surface area contributed by atoms with E-state index in [4.69, 9.17) is 23.2 Å². The summed E-state index contributed by atoms with van der Waals surface area (Å²) in [4.78, 5) is 0. The molecule has 0 nitrogen and oxygen atoms in total. The van der Waals surface area contributed by atoms with Crippen molar-refractivity contribution < 1.29 is 0 Å². The van der Waals surface area contributed by atoms with Gasteiger partial charge in [0.2, 0.25) is 0 Å². The van der Waals surface area contributed by atoms with Crippen LogP contribution in [0.2, 0.25) is 10.0 Å². The van der Waals surface area contributed by atoms with Crippen molar-refractivity contribution in [1.82, 2.24) is 0 Å². The summed E-state index contributed by atoms with van der Waals surface area (Å²) in [6.45, 7) is 4.36. The fraction of sp³-hybridized carbons (Fsp3) is 0.400. The molecule has 0 radical (unpaired) electrons. The lowest BCUT2D eigenvalue weighted by molar-refractivity contribution is 0.886. The maximum Gasteiger partial charge on any atom is 0.0407 e. The van der Waals surface area contributed by atoms with E-state index in [0.29, 0.717) is 0 Å². The molecule has 12 heavy (non-hydrogen) atoms. The SMILES string of the molecule is CCCC.Clc1ccc(Cl)cc1. The standard InChI is InChI=1S/C6H4Cl2.C4H10/c7-5-1-2-6(8)4-3-5;1-3-4-2/h1-4H;3-4H2,1-2H3. The smallest absolute Gasteiger partial charge is 0.0407 e. The van der Waals surface area contributed by atoms with Crippen molar-refractivity contribution in [3.8, 4) is 0 Å². The van der Waals surface area contributed by atoms with Gasteiger partial charge in [0.15, 0.2) is 0 Å². The molecule has 0 unspecified atom stereocenters. The number of benzene rings is 1. The van der Waals surface area contributed by atoms with Gasteiger partial charge >= 0.3 is 0 Å². The van der Waals surface area contributed by atoms with Crippen LogP contribution in [0.3, 0.4) is 0 Å². The van der Waals surface area contributed by atoms with Gasteiger partial charge in [-0.05, 0) is 24.3 Å². The molecule has 0 bridgehead atoms. The molecular weight excluding hydrogens is 191 g/mol. The number of hydrogen-bond acceptors (Lipinski definition) is 0. The maximum absolute atomic E-state index is 5.55. The summed E-state index contributed by atoms with van der Waals surface area (Å²) in [5.74, 6) is 0. The molecule has 0 heterocycles. The van der Waals surface area contributed by atoms with Crippen molar-refractivity contribution in [2.75, 3.05) is 0 Å². The molecule has 0 aliphatic heterocycles. The van der Waals surface area contributed by atoms with Gasteiger partial charge in [0, 0.05) is 10.0 Å². The van der Waals surface area contributed by atoms with Gasteiger partial charge in [-0.3, -0.25) is 0 Å². The van der Waals surface area contributed by atoms with Gasteiger partial charge in [-0.25, -0.2) is 0 Å². The zero-order chi connectivity index (χ0) is 9.40. The number of hydrogen-bond donors (Lipinski definition) is 0. The van der Waals surface area contributed by atoms with Crippen LogP contribution < -0.4 is 0 Å². The highest BCUT2D eigenvalue weighted by molar-refractivity contribution is 6.32. The third kappa shape index (κ3) is 6.51. The van der Waals surface area contributed by atoms with Crippen molar-refractivity contribution in [2.24, 2.45) is 0 Å². The quantitative estimate of drug-likeness (QED) is 0.617. The fourth-order valence-electron chi connectivity index (χ4n) is 0.430. The monoisotopic (exact) mass is 204 g/mol. The van der Waals surface area contributed by atoms with Gasteiger partial charge in [-0.1, -0.05) is 49.9 Å². The normalized spacial score (nSPS) is 8.67. The minimum absolute atomic E-state index is 0.717. The average Bonchev–Trinajstić information content (AvgIpc) is 2.11. The molecule has 0 fully saturated rings. The van der Waals surface area contributed by atoms with E-state index in [0.717, 1.165) is 10.0 Å². The molecule has 1 aromatic carbocycles. The molecule has 0 aliphatic rings. The Bertz CT molecular complexity index is 168. The number of halogens is 2. The van der Waals surface area contributed by atoms with E-state index in [1.807, 2.05) is 0 Å². The Morgan fingerprint density at radius 2 is 1.08 bits per heavy atom. The molecule has 1 aromatic rings. The van der Waals surface area contributed by atoms with Crippen molar-refractivity contribution in [1.29, 1.82) is 0 Å². The van der Waals surface area contributed by atoms with Crippen LogP contribution in [-0.4, -0.2) is 0 Å². The lowest BCUT2D eigenvalue weighted by Gasteiger charge is -1.86. The van der Waals surface area contributed by atoms with Crippen molar-refractivity contribution in [2.45, 2.75) is 26.7 Å². The highest BCUT2D eigenvalue weighted by Gasteiger charge is 1.83. The summed E-state index contributed by atoms with van der Waals surface area (Å²) in [6.07, 6.45) is 2.64. The first-order valence-corrected chi connectivity index (χ1v) is 4.87. The van der Waals surface area contributed by atoms with Gasteiger partial charge in [0.05, 0.1) is 0 Å². The van der Waals surface area contributed by atoms with Crippen molar-refractivity contribution in [3.05, 3.63) is 34.3 Å². The largest absolute Gasteiger partial charge is 0.0843 e. The number of unbranched alkanes of at least 4 members (excludes halogenated alkanes) is 1. The highest BCUT2D eigenvalue weighted by Crippen LogP contribution is 2.12. The molecule has 0 saturated heterocycles. The van der Waals surface area contributed by atoms with Crippen molar-refractivity contribution >= 4 is 23.2 Å². The first-order chi connectivity index (χ1) is 5.70. The average molecular weight is 205 g/mol. The molecule has 0 spiro atoms. The molecule has 68 valence electrons. The molecule has 0 aliphatic carbocycles. The summed E-state index contributed by atoms with van der Waals surface area (Å²) in [7, 11) is 0. The van der Waals surface area contributed by atoms with Gasteiger partial charge < -0.3 is 0 Å². The lowest BCUT2D eigenvalue weighted by atomic mass is 10.4. The van der Waals surface area contributed by atoms with Crippen LogP contribution in [0.25, 0.3) is 0 Å².